The van der Waals surface area contributed by atoms with E-state index in [1.165, 1.54) is 0 Å². The summed E-state index contributed by atoms with van der Waals surface area (Å²) in [6.45, 7) is 4.66. The number of carbonyl (C=O) groups excluding carboxylic acids is 1. The zero-order chi connectivity index (χ0) is 19.9. The summed E-state index contributed by atoms with van der Waals surface area (Å²) in [6, 6.07) is 14.6. The Hall–Kier alpha value is -2.87. The molecule has 1 aromatic heterocycles. The molecule has 0 aliphatic rings. The number of rotatable bonds is 8. The Balaban J connectivity index is 1.60. The number of carbonyl (C=O) groups is 1. The maximum absolute atomic E-state index is 12.2. The molecule has 28 heavy (non-hydrogen) atoms. The van der Waals surface area contributed by atoms with Crippen molar-refractivity contribution in [3.63, 3.8) is 0 Å². The van der Waals surface area contributed by atoms with Gasteiger partial charge in [0.05, 0.1) is 6.61 Å². The van der Waals surface area contributed by atoms with Crippen LogP contribution in [0.2, 0.25) is 0 Å². The van der Waals surface area contributed by atoms with Crippen LogP contribution in [0.15, 0.2) is 57.6 Å². The first kappa shape index (κ1) is 19.9. The second-order valence-electron chi connectivity index (χ2n) is 6.48. The first-order valence-electron chi connectivity index (χ1n) is 8.75. The van der Waals surface area contributed by atoms with Gasteiger partial charge in [0, 0.05) is 10.0 Å². The quantitative estimate of drug-likeness (QED) is 0.547. The smallest absolute Gasteiger partial charge is 0.263 e. The highest BCUT2D eigenvalue weighted by Crippen LogP contribution is 2.26. The summed E-state index contributed by atoms with van der Waals surface area (Å²) >= 11 is 3.35. The highest BCUT2D eigenvalue weighted by Gasteiger charge is 2.15. The average molecular weight is 446 g/mol. The summed E-state index contributed by atoms with van der Waals surface area (Å²) in [7, 11) is 0. The molecular formula is C20H20BrN3O4. The largest absolute Gasteiger partial charge is 0.493 e. The lowest BCUT2D eigenvalue weighted by Gasteiger charge is -2.09. The van der Waals surface area contributed by atoms with E-state index in [1.807, 2.05) is 36.4 Å². The molecule has 2 aromatic carbocycles. The Morgan fingerprint density at radius 3 is 2.36 bits per heavy atom. The van der Waals surface area contributed by atoms with Crippen LogP contribution >= 0.6 is 15.9 Å². The summed E-state index contributed by atoms with van der Waals surface area (Å²) in [6.07, 6.45) is 0. The molecule has 0 saturated carbocycles. The summed E-state index contributed by atoms with van der Waals surface area (Å²) in [5.74, 6) is 1.68. The molecule has 146 valence electrons. The van der Waals surface area contributed by atoms with Gasteiger partial charge in [-0.3, -0.25) is 4.79 Å². The molecule has 0 atom stereocenters. The summed E-state index contributed by atoms with van der Waals surface area (Å²) in [5, 5.41) is 10.3. The summed E-state index contributed by atoms with van der Waals surface area (Å²) in [5.41, 5.74) is 1.19. The molecule has 0 saturated heterocycles. The third-order valence-corrected chi connectivity index (χ3v) is 4.17. The van der Waals surface area contributed by atoms with Crippen molar-refractivity contribution in [2.75, 3.05) is 18.5 Å². The van der Waals surface area contributed by atoms with E-state index in [-0.39, 0.29) is 18.3 Å². The molecule has 1 N–H and O–H groups in total. The summed E-state index contributed by atoms with van der Waals surface area (Å²) < 4.78 is 16.8. The van der Waals surface area contributed by atoms with Crippen molar-refractivity contribution >= 4 is 27.7 Å². The highest BCUT2D eigenvalue weighted by atomic mass is 79.9. The zero-order valence-corrected chi connectivity index (χ0v) is 17.1. The van der Waals surface area contributed by atoms with Crippen LogP contribution in [0.5, 0.6) is 11.5 Å². The maximum atomic E-state index is 12.2. The van der Waals surface area contributed by atoms with E-state index in [4.69, 9.17) is 14.1 Å². The molecule has 0 radical (unpaired) electrons. The number of amides is 1. The van der Waals surface area contributed by atoms with Gasteiger partial charge < -0.3 is 14.8 Å². The number of hydrogen-bond donors (Lipinski definition) is 1. The molecule has 1 heterocycles. The van der Waals surface area contributed by atoms with Gasteiger partial charge in [0.15, 0.2) is 12.3 Å². The minimum absolute atomic E-state index is 0.157. The molecule has 3 rings (SSSR count). The van der Waals surface area contributed by atoms with E-state index in [0.29, 0.717) is 24.0 Å². The maximum Gasteiger partial charge on any atom is 0.263 e. The Bertz CT molecular complexity index is 908. The SMILES string of the molecule is CC(C)COc1ccc(-c2nonc2NC(=O)COc2ccc(Br)cc2)cc1. The number of benzene rings is 2. The zero-order valence-electron chi connectivity index (χ0n) is 15.5. The van der Waals surface area contributed by atoms with Crippen LogP contribution in [0, 0.1) is 5.92 Å². The van der Waals surface area contributed by atoms with Crippen LogP contribution in [-0.4, -0.2) is 29.4 Å². The van der Waals surface area contributed by atoms with Crippen LogP contribution in [0.25, 0.3) is 11.3 Å². The molecule has 0 spiro atoms. The first-order valence-corrected chi connectivity index (χ1v) is 9.54. The number of halogens is 1. The Morgan fingerprint density at radius 1 is 1.04 bits per heavy atom. The standard InChI is InChI=1S/C20H20BrN3O4/c1-13(2)11-26-16-7-3-14(4-8-16)19-20(24-28-23-19)22-18(25)12-27-17-9-5-15(21)6-10-17/h3-10,13H,11-12H2,1-2H3,(H,22,24,25). The lowest BCUT2D eigenvalue weighted by atomic mass is 10.1. The third kappa shape index (κ3) is 5.56. The topological polar surface area (TPSA) is 86.5 Å². The Labute approximate surface area is 171 Å². The second-order valence-corrected chi connectivity index (χ2v) is 7.40. The van der Waals surface area contributed by atoms with E-state index in [9.17, 15) is 4.79 Å². The predicted molar refractivity (Wildman–Crippen MR) is 108 cm³/mol. The fourth-order valence-electron chi connectivity index (χ4n) is 2.28. The monoisotopic (exact) mass is 445 g/mol. The molecule has 7 nitrogen and oxygen atoms in total. The van der Waals surface area contributed by atoms with Crippen LogP contribution in [-0.2, 0) is 4.79 Å². The number of hydrogen-bond acceptors (Lipinski definition) is 6. The van der Waals surface area contributed by atoms with Gasteiger partial charge >= 0.3 is 0 Å². The number of nitrogens with zero attached hydrogens (tertiary/aromatic N) is 2. The van der Waals surface area contributed by atoms with E-state index in [0.717, 1.165) is 15.8 Å². The van der Waals surface area contributed by atoms with Gasteiger partial charge in [-0.25, -0.2) is 4.63 Å². The Kier molecular flexibility index (Phi) is 6.65. The molecule has 1 amide bonds. The van der Waals surface area contributed by atoms with E-state index in [1.54, 1.807) is 12.1 Å². The molecular weight excluding hydrogens is 426 g/mol. The van der Waals surface area contributed by atoms with Gasteiger partial charge in [-0.2, -0.15) is 0 Å². The van der Waals surface area contributed by atoms with Crippen molar-refractivity contribution in [3.8, 4) is 22.8 Å². The second kappa shape index (κ2) is 9.36. The molecule has 0 aliphatic carbocycles. The van der Waals surface area contributed by atoms with Crippen molar-refractivity contribution in [2.45, 2.75) is 13.8 Å². The lowest BCUT2D eigenvalue weighted by Crippen LogP contribution is -2.20. The summed E-state index contributed by atoms with van der Waals surface area (Å²) in [4.78, 5) is 12.2. The molecule has 8 heteroatoms. The van der Waals surface area contributed by atoms with Gasteiger partial charge in [-0.05, 0) is 64.8 Å². The Morgan fingerprint density at radius 2 is 1.68 bits per heavy atom. The van der Waals surface area contributed by atoms with Gasteiger partial charge in [0.2, 0.25) is 5.82 Å². The van der Waals surface area contributed by atoms with Crippen LogP contribution in [0.1, 0.15) is 13.8 Å². The normalized spacial score (nSPS) is 10.7. The van der Waals surface area contributed by atoms with Gasteiger partial charge in [0.1, 0.15) is 11.5 Å². The molecule has 3 aromatic rings. The third-order valence-electron chi connectivity index (χ3n) is 3.64. The van der Waals surface area contributed by atoms with Gasteiger partial charge in [0.25, 0.3) is 5.91 Å². The molecule has 0 bridgehead atoms. The number of nitrogens with one attached hydrogen (secondary N) is 1. The number of aromatic nitrogens is 2. The van der Waals surface area contributed by atoms with E-state index >= 15 is 0 Å². The molecule has 0 fully saturated rings. The number of anilines is 1. The van der Waals surface area contributed by atoms with Crippen molar-refractivity contribution in [2.24, 2.45) is 5.92 Å². The van der Waals surface area contributed by atoms with Crippen molar-refractivity contribution in [1.82, 2.24) is 10.3 Å². The predicted octanol–water partition coefficient (Wildman–Crippen LogP) is 4.55. The fourth-order valence-corrected chi connectivity index (χ4v) is 2.54. The van der Waals surface area contributed by atoms with Crippen LogP contribution in [0.4, 0.5) is 5.82 Å². The first-order chi connectivity index (χ1) is 13.5. The highest BCUT2D eigenvalue weighted by molar-refractivity contribution is 9.10. The van der Waals surface area contributed by atoms with Crippen molar-refractivity contribution < 1.29 is 18.9 Å². The minimum Gasteiger partial charge on any atom is -0.493 e. The fraction of sp³-hybridized carbons (Fsp3) is 0.250. The van der Waals surface area contributed by atoms with E-state index < -0.39 is 0 Å². The lowest BCUT2D eigenvalue weighted by molar-refractivity contribution is -0.118. The van der Waals surface area contributed by atoms with Crippen molar-refractivity contribution in [3.05, 3.63) is 53.0 Å². The van der Waals surface area contributed by atoms with Crippen LogP contribution < -0.4 is 14.8 Å². The van der Waals surface area contributed by atoms with Crippen molar-refractivity contribution in [1.29, 1.82) is 0 Å². The van der Waals surface area contributed by atoms with Gasteiger partial charge in [-0.15, -0.1) is 0 Å². The van der Waals surface area contributed by atoms with Crippen LogP contribution in [0.3, 0.4) is 0 Å². The minimum atomic E-state index is -0.364. The molecule has 0 aliphatic heterocycles. The van der Waals surface area contributed by atoms with E-state index in [2.05, 4.69) is 45.4 Å². The van der Waals surface area contributed by atoms with Gasteiger partial charge in [-0.1, -0.05) is 29.8 Å². The molecule has 0 unspecified atom stereocenters. The average Bonchev–Trinajstić information content (AvgIpc) is 3.14. The number of ether oxygens (including phenoxy) is 2.